The second-order valence-corrected chi connectivity index (χ2v) is 11.1. The molecule has 0 bridgehead atoms. The lowest BCUT2D eigenvalue weighted by Gasteiger charge is -2.27. The molecule has 0 saturated heterocycles. The van der Waals surface area contributed by atoms with Crippen LogP contribution in [0.3, 0.4) is 0 Å². The van der Waals surface area contributed by atoms with Crippen molar-refractivity contribution in [3.05, 3.63) is 90.0 Å². The molecule has 3 rings (SSSR count). The summed E-state index contributed by atoms with van der Waals surface area (Å²) in [7, 11) is -1.47. The van der Waals surface area contributed by atoms with Crippen molar-refractivity contribution in [2.75, 3.05) is 0 Å². The van der Waals surface area contributed by atoms with Crippen LogP contribution >= 0.6 is 0 Å². The predicted molar refractivity (Wildman–Crippen MR) is 94.7 cm³/mol. The zero-order valence-electron chi connectivity index (χ0n) is 12.8. The summed E-state index contributed by atoms with van der Waals surface area (Å²) in [6.45, 7) is 4.94. The maximum absolute atomic E-state index is 2.49. The molecule has 0 radical (unpaired) electrons. The van der Waals surface area contributed by atoms with Crippen LogP contribution in [0.1, 0.15) is 5.56 Å². The average Bonchev–Trinajstić information content (AvgIpc) is 2.98. The average molecular weight is 290 g/mol. The van der Waals surface area contributed by atoms with Crippen LogP contribution in [0.5, 0.6) is 0 Å². The number of rotatable bonds is 4. The van der Waals surface area contributed by atoms with Crippen molar-refractivity contribution < 1.29 is 0 Å². The SMILES string of the molecule is C[Si](C)(c1ccccc1)C1C=CC(Cc2ccccc2)=C1. The summed E-state index contributed by atoms with van der Waals surface area (Å²) in [6.07, 6.45) is 8.28. The maximum atomic E-state index is 2.49. The molecule has 0 heterocycles. The van der Waals surface area contributed by atoms with E-state index in [2.05, 4.69) is 92.0 Å². The van der Waals surface area contributed by atoms with Crippen LogP contribution in [0.4, 0.5) is 0 Å². The Bertz CT molecular complexity index is 651. The van der Waals surface area contributed by atoms with E-state index in [4.69, 9.17) is 0 Å². The minimum absolute atomic E-state index is 0.610. The van der Waals surface area contributed by atoms with E-state index in [1.807, 2.05) is 0 Å². The standard InChI is InChI=1S/C20H22Si/c1-21(2,19-11-7-4-8-12-19)20-14-13-18(16-20)15-17-9-5-3-6-10-17/h3-14,16,20H,15H2,1-2H3. The highest BCUT2D eigenvalue weighted by molar-refractivity contribution is 6.91. The van der Waals surface area contributed by atoms with Crippen LogP contribution in [0.2, 0.25) is 18.6 Å². The maximum Gasteiger partial charge on any atom is 0.0911 e. The summed E-state index contributed by atoms with van der Waals surface area (Å²) in [4.78, 5) is 0. The lowest BCUT2D eigenvalue weighted by atomic mass is 10.1. The summed E-state index contributed by atoms with van der Waals surface area (Å²) >= 11 is 0. The molecule has 2 aromatic carbocycles. The van der Waals surface area contributed by atoms with Gasteiger partial charge in [0, 0.05) is 0 Å². The van der Waals surface area contributed by atoms with Crippen LogP contribution < -0.4 is 5.19 Å². The Morgan fingerprint density at radius 2 is 1.48 bits per heavy atom. The van der Waals surface area contributed by atoms with Crippen molar-refractivity contribution in [2.24, 2.45) is 0 Å². The predicted octanol–water partition coefficient (Wildman–Crippen LogP) is 4.71. The van der Waals surface area contributed by atoms with Gasteiger partial charge in [0.1, 0.15) is 0 Å². The van der Waals surface area contributed by atoms with Crippen molar-refractivity contribution >= 4 is 13.3 Å². The Labute approximate surface area is 128 Å². The lowest BCUT2D eigenvalue weighted by molar-refractivity contribution is 1.19. The fraction of sp³-hybridized carbons (Fsp3) is 0.200. The van der Waals surface area contributed by atoms with Gasteiger partial charge < -0.3 is 0 Å². The first kappa shape index (κ1) is 14.1. The number of allylic oxidation sites excluding steroid dienone is 4. The largest absolute Gasteiger partial charge is 0.0911 e. The Balaban J connectivity index is 1.78. The summed E-state index contributed by atoms with van der Waals surface area (Å²) in [5, 5.41) is 1.54. The van der Waals surface area contributed by atoms with Crippen LogP contribution in [0.15, 0.2) is 84.5 Å². The summed E-state index contributed by atoms with van der Waals surface area (Å²) in [5.41, 5.74) is 3.47. The van der Waals surface area contributed by atoms with E-state index in [0.717, 1.165) is 6.42 Å². The molecule has 1 atom stereocenters. The molecular weight excluding hydrogens is 268 g/mol. The molecule has 0 saturated carbocycles. The van der Waals surface area contributed by atoms with Crippen molar-refractivity contribution in [3.8, 4) is 0 Å². The van der Waals surface area contributed by atoms with Gasteiger partial charge in [0.25, 0.3) is 0 Å². The normalized spacial score (nSPS) is 17.8. The molecule has 21 heavy (non-hydrogen) atoms. The highest BCUT2D eigenvalue weighted by Crippen LogP contribution is 2.32. The smallest absolute Gasteiger partial charge is 0.0797 e. The van der Waals surface area contributed by atoms with E-state index in [1.54, 1.807) is 0 Å². The number of benzene rings is 2. The quantitative estimate of drug-likeness (QED) is 0.715. The number of hydrogen-bond acceptors (Lipinski definition) is 0. The second kappa shape index (κ2) is 5.86. The number of hydrogen-bond donors (Lipinski definition) is 0. The lowest BCUT2D eigenvalue weighted by Crippen LogP contribution is -2.44. The summed E-state index contributed by atoms with van der Waals surface area (Å²) < 4.78 is 0. The Morgan fingerprint density at radius 1 is 0.857 bits per heavy atom. The van der Waals surface area contributed by atoms with E-state index in [1.165, 1.54) is 16.3 Å². The molecule has 106 valence electrons. The first-order chi connectivity index (χ1) is 10.2. The Kier molecular flexibility index (Phi) is 3.93. The molecule has 1 aliphatic rings. The third-order valence-electron chi connectivity index (χ3n) is 4.51. The molecule has 1 unspecified atom stereocenters. The molecule has 1 aliphatic carbocycles. The van der Waals surface area contributed by atoms with Crippen molar-refractivity contribution in [3.63, 3.8) is 0 Å². The van der Waals surface area contributed by atoms with Gasteiger partial charge in [-0.1, -0.05) is 97.2 Å². The van der Waals surface area contributed by atoms with Crippen LogP contribution in [0, 0.1) is 0 Å². The van der Waals surface area contributed by atoms with Crippen molar-refractivity contribution in [1.82, 2.24) is 0 Å². The van der Waals surface area contributed by atoms with E-state index < -0.39 is 8.07 Å². The third kappa shape index (κ3) is 3.08. The van der Waals surface area contributed by atoms with Crippen molar-refractivity contribution in [1.29, 1.82) is 0 Å². The van der Waals surface area contributed by atoms with E-state index in [9.17, 15) is 0 Å². The minimum Gasteiger partial charge on any atom is -0.0797 e. The van der Waals surface area contributed by atoms with E-state index in [0.29, 0.717) is 5.54 Å². The molecular formula is C20H22Si. The van der Waals surface area contributed by atoms with E-state index >= 15 is 0 Å². The van der Waals surface area contributed by atoms with Gasteiger partial charge >= 0.3 is 0 Å². The van der Waals surface area contributed by atoms with Crippen LogP contribution in [-0.2, 0) is 6.42 Å². The molecule has 0 aliphatic heterocycles. The minimum atomic E-state index is -1.47. The van der Waals surface area contributed by atoms with Gasteiger partial charge in [0.2, 0.25) is 0 Å². The zero-order valence-corrected chi connectivity index (χ0v) is 13.8. The third-order valence-corrected chi connectivity index (χ3v) is 8.36. The molecule has 0 N–H and O–H groups in total. The van der Waals surface area contributed by atoms with Crippen molar-refractivity contribution in [2.45, 2.75) is 25.1 Å². The van der Waals surface area contributed by atoms with Gasteiger partial charge in [0.05, 0.1) is 8.07 Å². The highest BCUT2D eigenvalue weighted by Gasteiger charge is 2.32. The summed E-state index contributed by atoms with van der Waals surface area (Å²) in [5.74, 6) is 0. The van der Waals surface area contributed by atoms with Gasteiger partial charge in [-0.05, 0) is 23.1 Å². The monoisotopic (exact) mass is 290 g/mol. The van der Waals surface area contributed by atoms with Gasteiger partial charge in [-0.3, -0.25) is 0 Å². The van der Waals surface area contributed by atoms with E-state index in [-0.39, 0.29) is 0 Å². The topological polar surface area (TPSA) is 0 Å². The van der Waals surface area contributed by atoms with Crippen LogP contribution in [-0.4, -0.2) is 8.07 Å². The summed E-state index contributed by atoms with van der Waals surface area (Å²) in [6, 6.07) is 21.8. The molecule has 1 heteroatoms. The van der Waals surface area contributed by atoms with Gasteiger partial charge in [-0.15, -0.1) is 0 Å². The fourth-order valence-electron chi connectivity index (χ4n) is 3.03. The molecule has 0 fully saturated rings. The highest BCUT2D eigenvalue weighted by atomic mass is 28.3. The van der Waals surface area contributed by atoms with Gasteiger partial charge in [-0.25, -0.2) is 0 Å². The van der Waals surface area contributed by atoms with Gasteiger partial charge in [-0.2, -0.15) is 0 Å². The zero-order chi connectivity index (χ0) is 14.7. The fourth-order valence-corrected chi connectivity index (χ4v) is 5.67. The van der Waals surface area contributed by atoms with Gasteiger partial charge in [0.15, 0.2) is 0 Å². The molecule has 0 spiro atoms. The molecule has 2 aromatic rings. The molecule has 0 amide bonds. The molecule has 0 nitrogen and oxygen atoms in total. The first-order valence-corrected chi connectivity index (χ1v) is 10.7. The second-order valence-electron chi connectivity index (χ2n) is 6.38. The van der Waals surface area contributed by atoms with Crippen LogP contribution in [0.25, 0.3) is 0 Å². The first-order valence-electron chi connectivity index (χ1n) is 7.64. The Morgan fingerprint density at radius 3 is 2.14 bits per heavy atom. The Hall–Kier alpha value is -1.86. The molecule has 0 aromatic heterocycles.